The van der Waals surface area contributed by atoms with Gasteiger partial charge in [-0.25, -0.2) is 13.1 Å². The van der Waals surface area contributed by atoms with Crippen molar-refractivity contribution in [2.75, 3.05) is 18.6 Å². The molecule has 2 aromatic rings. The molecule has 0 aliphatic heterocycles. The van der Waals surface area contributed by atoms with Crippen molar-refractivity contribution in [1.82, 2.24) is 4.72 Å². The second kappa shape index (κ2) is 7.07. The van der Waals surface area contributed by atoms with Gasteiger partial charge in [-0.3, -0.25) is 5.84 Å². The molecule has 0 heterocycles. The monoisotopic (exact) mass is 307 g/mol. The number of hydrogen-bond acceptors (Lipinski definition) is 5. The third-order valence-electron chi connectivity index (χ3n) is 2.74. The first-order valence-corrected chi connectivity index (χ1v) is 7.84. The van der Waals surface area contributed by atoms with Gasteiger partial charge in [-0.1, -0.05) is 18.2 Å². The second-order valence-corrected chi connectivity index (χ2v) is 5.99. The van der Waals surface area contributed by atoms with Crippen molar-refractivity contribution in [2.24, 2.45) is 5.84 Å². The predicted molar refractivity (Wildman–Crippen MR) is 81.4 cm³/mol. The Morgan fingerprint density at radius 1 is 1.00 bits per heavy atom. The predicted octanol–water partition coefficient (Wildman–Crippen LogP) is 1.33. The average Bonchev–Trinajstić information content (AvgIpc) is 2.53. The highest BCUT2D eigenvalue weighted by atomic mass is 32.2. The fourth-order valence-electron chi connectivity index (χ4n) is 1.68. The van der Waals surface area contributed by atoms with E-state index in [0.717, 1.165) is 0 Å². The van der Waals surface area contributed by atoms with E-state index in [1.165, 1.54) is 12.1 Å². The molecule has 21 heavy (non-hydrogen) atoms. The van der Waals surface area contributed by atoms with Gasteiger partial charge in [0.2, 0.25) is 10.0 Å². The highest BCUT2D eigenvalue weighted by Gasteiger charge is 2.12. The maximum Gasteiger partial charge on any atom is 0.240 e. The van der Waals surface area contributed by atoms with Crippen LogP contribution in [-0.4, -0.2) is 21.6 Å². The molecule has 0 radical (unpaired) electrons. The summed E-state index contributed by atoms with van der Waals surface area (Å²) in [4.78, 5) is 0.182. The van der Waals surface area contributed by atoms with Crippen LogP contribution in [0.5, 0.6) is 5.75 Å². The summed E-state index contributed by atoms with van der Waals surface area (Å²) in [5.41, 5.74) is 3.08. The Hall–Kier alpha value is -2.09. The Bertz CT molecular complexity index is 658. The molecule has 2 rings (SSSR count). The number of nitrogen functional groups attached to an aromatic ring is 1. The largest absolute Gasteiger partial charge is 0.492 e. The van der Waals surface area contributed by atoms with E-state index in [1.54, 1.807) is 12.1 Å². The van der Waals surface area contributed by atoms with Crippen molar-refractivity contribution in [2.45, 2.75) is 4.90 Å². The first-order chi connectivity index (χ1) is 10.1. The van der Waals surface area contributed by atoms with E-state index >= 15 is 0 Å². The molecule has 0 aromatic heterocycles. The zero-order valence-electron chi connectivity index (χ0n) is 11.3. The lowest BCUT2D eigenvalue weighted by Gasteiger charge is -2.09. The van der Waals surface area contributed by atoms with Crippen LogP contribution in [0, 0.1) is 0 Å². The molecule has 0 unspecified atom stereocenters. The Labute approximate surface area is 124 Å². The summed E-state index contributed by atoms with van der Waals surface area (Å²) in [5, 5.41) is 0. The summed E-state index contributed by atoms with van der Waals surface area (Å²) < 4.78 is 31.9. The van der Waals surface area contributed by atoms with Crippen molar-refractivity contribution in [3.05, 3.63) is 54.6 Å². The molecule has 6 nitrogen and oxygen atoms in total. The molecule has 0 spiro atoms. The minimum atomic E-state index is -3.54. The normalized spacial score (nSPS) is 11.1. The van der Waals surface area contributed by atoms with Gasteiger partial charge in [-0.15, -0.1) is 0 Å². The maximum atomic E-state index is 12.0. The fourth-order valence-corrected chi connectivity index (χ4v) is 2.69. The number of para-hydroxylation sites is 1. The molecule has 4 N–H and O–H groups in total. The third kappa shape index (κ3) is 4.45. The van der Waals surface area contributed by atoms with Gasteiger partial charge in [0.1, 0.15) is 12.4 Å². The third-order valence-corrected chi connectivity index (χ3v) is 4.21. The van der Waals surface area contributed by atoms with Crippen LogP contribution >= 0.6 is 0 Å². The van der Waals surface area contributed by atoms with Gasteiger partial charge in [0.25, 0.3) is 0 Å². The van der Waals surface area contributed by atoms with Crippen molar-refractivity contribution >= 4 is 15.7 Å². The van der Waals surface area contributed by atoms with E-state index < -0.39 is 10.0 Å². The molecule has 0 atom stereocenters. The Kier molecular flexibility index (Phi) is 5.15. The Morgan fingerprint density at radius 3 is 2.29 bits per heavy atom. The Balaban J connectivity index is 1.86. The van der Waals surface area contributed by atoms with Crippen LogP contribution in [-0.2, 0) is 10.0 Å². The molecular weight excluding hydrogens is 290 g/mol. The summed E-state index contributed by atoms with van der Waals surface area (Å²) >= 11 is 0. The number of hydrogen-bond donors (Lipinski definition) is 3. The molecule has 7 heteroatoms. The molecule has 0 saturated heterocycles. The lowest BCUT2D eigenvalue weighted by Crippen LogP contribution is -2.28. The zero-order chi connectivity index (χ0) is 15.1. The summed E-state index contributed by atoms with van der Waals surface area (Å²) in [7, 11) is -3.54. The number of ether oxygens (including phenoxy) is 1. The van der Waals surface area contributed by atoms with Crippen molar-refractivity contribution < 1.29 is 13.2 Å². The number of benzene rings is 2. The second-order valence-electron chi connectivity index (χ2n) is 4.23. The van der Waals surface area contributed by atoms with E-state index in [9.17, 15) is 8.42 Å². The van der Waals surface area contributed by atoms with E-state index in [4.69, 9.17) is 10.6 Å². The average molecular weight is 307 g/mol. The van der Waals surface area contributed by atoms with E-state index in [1.807, 2.05) is 30.3 Å². The zero-order valence-corrected chi connectivity index (χ0v) is 12.1. The fraction of sp³-hybridized carbons (Fsp3) is 0.143. The highest BCUT2D eigenvalue weighted by molar-refractivity contribution is 7.89. The van der Waals surface area contributed by atoms with Crippen LogP contribution in [0.3, 0.4) is 0 Å². The van der Waals surface area contributed by atoms with Crippen LogP contribution in [0.1, 0.15) is 0 Å². The number of sulfonamides is 1. The van der Waals surface area contributed by atoms with E-state index in [-0.39, 0.29) is 18.0 Å². The van der Waals surface area contributed by atoms with Crippen LogP contribution in [0.15, 0.2) is 59.5 Å². The number of rotatable bonds is 7. The van der Waals surface area contributed by atoms with Gasteiger partial charge >= 0.3 is 0 Å². The smallest absolute Gasteiger partial charge is 0.240 e. The summed E-state index contributed by atoms with van der Waals surface area (Å²) in [5.74, 6) is 5.93. The van der Waals surface area contributed by atoms with Crippen LogP contribution in [0.25, 0.3) is 0 Å². The number of nitrogens with two attached hydrogens (primary N) is 1. The number of anilines is 1. The maximum absolute atomic E-state index is 12.0. The molecule has 112 valence electrons. The SMILES string of the molecule is NNc1ccc(S(=O)(=O)NCCOc2ccccc2)cc1. The van der Waals surface area contributed by atoms with Crippen LogP contribution < -0.4 is 20.7 Å². The highest BCUT2D eigenvalue weighted by Crippen LogP contribution is 2.13. The van der Waals surface area contributed by atoms with Gasteiger partial charge in [0, 0.05) is 12.2 Å². The van der Waals surface area contributed by atoms with Gasteiger partial charge in [-0.05, 0) is 36.4 Å². The molecule has 0 amide bonds. The van der Waals surface area contributed by atoms with Crippen LogP contribution in [0.2, 0.25) is 0 Å². The van der Waals surface area contributed by atoms with Gasteiger partial charge in [0.15, 0.2) is 0 Å². The van der Waals surface area contributed by atoms with Crippen molar-refractivity contribution in [3.8, 4) is 5.75 Å². The van der Waals surface area contributed by atoms with Crippen molar-refractivity contribution in [1.29, 1.82) is 0 Å². The topological polar surface area (TPSA) is 93.5 Å². The van der Waals surface area contributed by atoms with Crippen molar-refractivity contribution in [3.63, 3.8) is 0 Å². The number of nitrogens with one attached hydrogen (secondary N) is 2. The molecule has 0 aliphatic rings. The lowest BCUT2D eigenvalue weighted by molar-refractivity contribution is 0.323. The lowest BCUT2D eigenvalue weighted by atomic mass is 10.3. The minimum absolute atomic E-state index is 0.182. The molecule has 0 bridgehead atoms. The summed E-state index contributed by atoms with van der Waals surface area (Å²) in [6, 6.07) is 15.4. The molecule has 0 aliphatic carbocycles. The minimum Gasteiger partial charge on any atom is -0.492 e. The van der Waals surface area contributed by atoms with Gasteiger partial charge < -0.3 is 10.2 Å². The standard InChI is InChI=1S/C14H17N3O3S/c15-17-12-6-8-14(9-7-12)21(18,19)16-10-11-20-13-4-2-1-3-5-13/h1-9,16-17H,10-11,15H2. The first-order valence-electron chi connectivity index (χ1n) is 6.36. The molecule has 2 aromatic carbocycles. The molecule has 0 fully saturated rings. The summed E-state index contributed by atoms with van der Waals surface area (Å²) in [6.07, 6.45) is 0. The number of hydrazine groups is 1. The summed E-state index contributed by atoms with van der Waals surface area (Å²) in [6.45, 7) is 0.444. The molecule has 0 saturated carbocycles. The molecular formula is C14H17N3O3S. The van der Waals surface area contributed by atoms with Crippen LogP contribution in [0.4, 0.5) is 5.69 Å². The Morgan fingerprint density at radius 2 is 1.67 bits per heavy atom. The quantitative estimate of drug-likeness (QED) is 0.407. The van der Waals surface area contributed by atoms with Gasteiger partial charge in [0.05, 0.1) is 4.90 Å². The first kappa shape index (κ1) is 15.3. The van der Waals surface area contributed by atoms with Gasteiger partial charge in [-0.2, -0.15) is 0 Å². The van der Waals surface area contributed by atoms with E-state index in [0.29, 0.717) is 11.4 Å². The van der Waals surface area contributed by atoms with E-state index in [2.05, 4.69) is 10.1 Å².